The first-order valence-corrected chi connectivity index (χ1v) is 13.0. The molecule has 7 nitrogen and oxygen atoms in total. The van der Waals surface area contributed by atoms with Crippen LogP contribution in [0.15, 0.2) is 30.6 Å². The number of piperazine rings is 1. The number of alkyl halides is 3. The van der Waals surface area contributed by atoms with Gasteiger partial charge in [0.25, 0.3) is 0 Å². The number of carbonyl (C=O) groups excluding carboxylic acids is 1. The van der Waals surface area contributed by atoms with E-state index < -0.39 is 30.0 Å². The molecule has 1 N–H and O–H groups in total. The Morgan fingerprint density at radius 3 is 2.55 bits per heavy atom. The van der Waals surface area contributed by atoms with E-state index in [1.807, 2.05) is 13.2 Å². The van der Waals surface area contributed by atoms with Crippen molar-refractivity contribution in [2.24, 2.45) is 0 Å². The predicted octanol–water partition coefficient (Wildman–Crippen LogP) is 4.19. The maximum atomic E-state index is 14.6. The van der Waals surface area contributed by atoms with E-state index in [9.17, 15) is 27.5 Å². The zero-order valence-corrected chi connectivity index (χ0v) is 21.4. The fourth-order valence-electron chi connectivity index (χ4n) is 5.72. The molecule has 0 bridgehead atoms. The number of amides is 1. The molecule has 2 aliphatic carbocycles. The van der Waals surface area contributed by atoms with Crippen LogP contribution in [0.25, 0.3) is 0 Å². The van der Waals surface area contributed by atoms with Gasteiger partial charge in [-0.25, -0.2) is 4.39 Å². The molecule has 0 spiro atoms. The highest BCUT2D eigenvalue weighted by Crippen LogP contribution is 2.44. The van der Waals surface area contributed by atoms with Crippen molar-refractivity contribution in [1.29, 1.82) is 0 Å². The standard InChI is InChI=1S/C27H32F4N4O3/c1-16-11-23(36)19-13-32-14-22(25(16)19)34-7-9-35(10-8-34)26(37)20(15-33(2)18-4-5-18)17-3-6-24(21(28)12-17)38-27(29,30)31/h3,6,12-14,16,18,20,23,36H,4-5,7-11,15H2,1-2H3/t16-,20-,23+/m1/s1. The van der Waals surface area contributed by atoms with Gasteiger partial charge in [0, 0.05) is 50.5 Å². The van der Waals surface area contributed by atoms with Gasteiger partial charge in [0.05, 0.1) is 23.9 Å². The number of likely N-dealkylation sites (N-methyl/N-ethyl adjacent to an activating group) is 1. The van der Waals surface area contributed by atoms with Crippen molar-refractivity contribution in [3.63, 3.8) is 0 Å². The predicted molar refractivity (Wildman–Crippen MR) is 132 cm³/mol. The number of nitrogens with zero attached hydrogens (tertiary/aromatic N) is 4. The fraction of sp³-hybridized carbons (Fsp3) is 0.556. The van der Waals surface area contributed by atoms with Gasteiger partial charge in [-0.2, -0.15) is 0 Å². The smallest absolute Gasteiger partial charge is 0.403 e. The topological polar surface area (TPSA) is 69.1 Å². The Bertz CT molecular complexity index is 1180. The zero-order valence-electron chi connectivity index (χ0n) is 21.4. The fourth-order valence-corrected chi connectivity index (χ4v) is 5.72. The van der Waals surface area contributed by atoms with Crippen LogP contribution >= 0.6 is 0 Å². The minimum Gasteiger partial charge on any atom is -0.403 e. The molecule has 1 aromatic carbocycles. The number of hydrogen-bond acceptors (Lipinski definition) is 6. The summed E-state index contributed by atoms with van der Waals surface area (Å²) in [5.41, 5.74) is 3.26. The van der Waals surface area contributed by atoms with E-state index in [0.717, 1.165) is 41.8 Å². The molecule has 206 valence electrons. The summed E-state index contributed by atoms with van der Waals surface area (Å²) < 4.78 is 56.2. The molecule has 1 amide bonds. The molecule has 3 aliphatic rings. The summed E-state index contributed by atoms with van der Waals surface area (Å²) in [4.78, 5) is 24.0. The number of pyridine rings is 1. The van der Waals surface area contributed by atoms with E-state index in [-0.39, 0.29) is 11.8 Å². The zero-order chi connectivity index (χ0) is 27.2. The largest absolute Gasteiger partial charge is 0.573 e. The molecule has 1 aliphatic heterocycles. The molecular formula is C27H32F4N4O3. The molecule has 38 heavy (non-hydrogen) atoms. The van der Waals surface area contributed by atoms with Crippen molar-refractivity contribution in [1.82, 2.24) is 14.8 Å². The van der Waals surface area contributed by atoms with Gasteiger partial charge in [0.15, 0.2) is 11.6 Å². The lowest BCUT2D eigenvalue weighted by atomic mass is 9.95. The van der Waals surface area contributed by atoms with E-state index in [1.165, 1.54) is 6.07 Å². The van der Waals surface area contributed by atoms with Gasteiger partial charge in [-0.05, 0) is 55.5 Å². The summed E-state index contributed by atoms with van der Waals surface area (Å²) in [5.74, 6) is -2.77. The van der Waals surface area contributed by atoms with Crippen molar-refractivity contribution >= 4 is 11.6 Å². The number of benzene rings is 1. The van der Waals surface area contributed by atoms with E-state index >= 15 is 0 Å². The van der Waals surface area contributed by atoms with Gasteiger partial charge < -0.3 is 24.5 Å². The van der Waals surface area contributed by atoms with E-state index in [1.54, 1.807) is 11.1 Å². The van der Waals surface area contributed by atoms with Crippen molar-refractivity contribution in [3.05, 3.63) is 53.1 Å². The minimum absolute atomic E-state index is 0.179. The van der Waals surface area contributed by atoms with Crippen molar-refractivity contribution in [3.8, 4) is 5.75 Å². The highest BCUT2D eigenvalue weighted by molar-refractivity contribution is 5.84. The maximum Gasteiger partial charge on any atom is 0.573 e. The average Bonchev–Trinajstić information content (AvgIpc) is 3.68. The third kappa shape index (κ3) is 5.58. The quantitative estimate of drug-likeness (QED) is 0.536. The number of aliphatic hydroxyl groups excluding tert-OH is 1. The van der Waals surface area contributed by atoms with E-state index in [4.69, 9.17) is 0 Å². The number of aromatic nitrogens is 1. The Morgan fingerprint density at radius 1 is 1.21 bits per heavy atom. The van der Waals surface area contributed by atoms with Crippen LogP contribution in [0.1, 0.15) is 60.8 Å². The Balaban J connectivity index is 1.32. The Hall–Kier alpha value is -2.92. The highest BCUT2D eigenvalue weighted by atomic mass is 19.4. The highest BCUT2D eigenvalue weighted by Gasteiger charge is 2.37. The van der Waals surface area contributed by atoms with E-state index in [0.29, 0.717) is 50.7 Å². The third-order valence-corrected chi connectivity index (χ3v) is 7.88. The van der Waals surface area contributed by atoms with Crippen molar-refractivity contribution < 1.29 is 32.2 Å². The first kappa shape index (κ1) is 26.7. The van der Waals surface area contributed by atoms with Gasteiger partial charge in [-0.3, -0.25) is 9.78 Å². The Morgan fingerprint density at radius 2 is 1.92 bits per heavy atom. The van der Waals surface area contributed by atoms with Crippen LogP contribution in [0.2, 0.25) is 0 Å². The Labute approximate surface area is 219 Å². The number of rotatable bonds is 7. The van der Waals surface area contributed by atoms with E-state index in [2.05, 4.69) is 26.4 Å². The number of hydrogen-bond donors (Lipinski definition) is 1. The number of carbonyl (C=O) groups is 1. The second kappa shape index (κ2) is 10.3. The average molecular weight is 537 g/mol. The number of ether oxygens (including phenoxy) is 1. The molecule has 5 rings (SSSR count). The van der Waals surface area contributed by atoms with Gasteiger partial charge in [0.1, 0.15) is 0 Å². The summed E-state index contributed by atoms with van der Waals surface area (Å²) in [6, 6.07) is 3.61. The van der Waals surface area contributed by atoms with Gasteiger partial charge >= 0.3 is 6.36 Å². The van der Waals surface area contributed by atoms with Gasteiger partial charge in [-0.15, -0.1) is 13.2 Å². The molecular weight excluding hydrogens is 504 g/mol. The second-order valence-electron chi connectivity index (χ2n) is 10.6. The van der Waals surface area contributed by atoms with Crippen molar-refractivity contribution in [2.75, 3.05) is 44.7 Å². The normalized spacial score (nSPS) is 22.5. The monoisotopic (exact) mass is 536 g/mol. The summed E-state index contributed by atoms with van der Waals surface area (Å²) in [5, 5.41) is 10.4. The van der Waals surface area contributed by atoms with Crippen LogP contribution in [-0.2, 0) is 4.79 Å². The second-order valence-corrected chi connectivity index (χ2v) is 10.6. The van der Waals surface area contributed by atoms with Crippen LogP contribution < -0.4 is 9.64 Å². The molecule has 0 radical (unpaired) electrons. The number of anilines is 1. The molecule has 1 aromatic heterocycles. The first-order chi connectivity index (χ1) is 18.0. The summed E-state index contributed by atoms with van der Waals surface area (Å²) in [6.45, 7) is 4.47. The number of halogens is 4. The van der Waals surface area contributed by atoms with Crippen LogP contribution in [0.5, 0.6) is 5.75 Å². The SMILES string of the molecule is C[C@@H]1C[C@H](O)c2cncc(N3CCN(C(=O)[C@H](CN(C)C4CC4)c4ccc(OC(F)(F)F)c(F)c4)CC3)c21. The molecule has 3 atom stereocenters. The molecule has 0 unspecified atom stereocenters. The lowest BCUT2D eigenvalue weighted by Gasteiger charge is -2.39. The van der Waals surface area contributed by atoms with Gasteiger partial charge in [0.2, 0.25) is 5.91 Å². The van der Waals surface area contributed by atoms with Crippen molar-refractivity contribution in [2.45, 2.75) is 56.5 Å². The Kier molecular flexibility index (Phi) is 7.25. The lowest BCUT2D eigenvalue weighted by Crippen LogP contribution is -2.51. The number of aliphatic hydroxyl groups is 1. The van der Waals surface area contributed by atoms with Crippen LogP contribution in [0.3, 0.4) is 0 Å². The molecule has 2 aromatic rings. The number of fused-ring (bicyclic) bond motifs is 1. The minimum atomic E-state index is -5.01. The summed E-state index contributed by atoms with van der Waals surface area (Å²) >= 11 is 0. The first-order valence-electron chi connectivity index (χ1n) is 13.0. The lowest BCUT2D eigenvalue weighted by molar-refractivity contribution is -0.275. The molecule has 2 fully saturated rings. The van der Waals surface area contributed by atoms with Crippen LogP contribution in [-0.4, -0.2) is 78.0 Å². The molecule has 11 heteroatoms. The van der Waals surface area contributed by atoms with Crippen LogP contribution in [0.4, 0.5) is 23.2 Å². The third-order valence-electron chi connectivity index (χ3n) is 7.88. The molecule has 1 saturated carbocycles. The molecule has 2 heterocycles. The van der Waals surface area contributed by atoms with Gasteiger partial charge in [-0.1, -0.05) is 13.0 Å². The summed E-state index contributed by atoms with van der Waals surface area (Å²) in [7, 11) is 1.91. The maximum absolute atomic E-state index is 14.6. The van der Waals surface area contributed by atoms with Crippen LogP contribution in [0, 0.1) is 5.82 Å². The molecule has 1 saturated heterocycles. The summed E-state index contributed by atoms with van der Waals surface area (Å²) in [6.07, 6.45) is 0.702.